The van der Waals surface area contributed by atoms with Crippen LogP contribution in [0.4, 0.5) is 4.79 Å². The van der Waals surface area contributed by atoms with Crippen molar-refractivity contribution in [1.29, 1.82) is 0 Å². The summed E-state index contributed by atoms with van der Waals surface area (Å²) >= 11 is 1.56. The van der Waals surface area contributed by atoms with E-state index in [2.05, 4.69) is 41.3 Å². The van der Waals surface area contributed by atoms with E-state index in [0.717, 1.165) is 23.8 Å². The number of carbonyl (C=O) groups excluding carboxylic acids is 1. The summed E-state index contributed by atoms with van der Waals surface area (Å²) in [5.74, 6) is 0. The number of thiazole rings is 1. The molecule has 0 spiro atoms. The SMILES string of the molecule is Cc1csc(CNC(=O)NC[C@H](C)N2C[C@H](C)O[C@@H](C)C2)n1. The number of hydrogen-bond acceptors (Lipinski definition) is 5. The minimum atomic E-state index is -0.144. The molecule has 1 fully saturated rings. The van der Waals surface area contributed by atoms with Crippen LogP contribution in [-0.4, -0.2) is 53.8 Å². The van der Waals surface area contributed by atoms with Crippen LogP contribution in [0.25, 0.3) is 0 Å². The Labute approximate surface area is 136 Å². The number of morpholine rings is 1. The van der Waals surface area contributed by atoms with Crippen LogP contribution < -0.4 is 10.6 Å². The summed E-state index contributed by atoms with van der Waals surface area (Å²) in [6, 6.07) is 0.149. The van der Waals surface area contributed by atoms with Gasteiger partial charge in [-0.1, -0.05) is 0 Å². The molecule has 2 amide bonds. The molecule has 0 bridgehead atoms. The van der Waals surface area contributed by atoms with Crippen LogP contribution in [0.15, 0.2) is 5.38 Å². The van der Waals surface area contributed by atoms with Gasteiger partial charge in [0.2, 0.25) is 0 Å². The maximum atomic E-state index is 11.9. The first kappa shape index (κ1) is 17.2. The maximum absolute atomic E-state index is 11.9. The Bertz CT molecular complexity index is 484. The fourth-order valence-corrected chi connectivity index (χ4v) is 3.36. The number of aryl methyl sites for hydroxylation is 1. The van der Waals surface area contributed by atoms with Gasteiger partial charge in [-0.2, -0.15) is 0 Å². The van der Waals surface area contributed by atoms with Crippen LogP contribution in [-0.2, 0) is 11.3 Å². The Hall–Kier alpha value is -1.18. The number of carbonyl (C=O) groups is 1. The van der Waals surface area contributed by atoms with Crippen LogP contribution in [0, 0.1) is 6.92 Å². The molecule has 2 rings (SSSR count). The summed E-state index contributed by atoms with van der Waals surface area (Å²) in [5.41, 5.74) is 0.992. The smallest absolute Gasteiger partial charge is 0.315 e. The molecule has 1 aliphatic rings. The van der Waals surface area contributed by atoms with Crippen LogP contribution in [0.3, 0.4) is 0 Å². The molecule has 0 saturated carbocycles. The molecule has 3 atom stereocenters. The molecule has 1 aromatic rings. The molecule has 7 heteroatoms. The van der Waals surface area contributed by atoms with Gasteiger partial charge in [-0.3, -0.25) is 4.90 Å². The predicted molar refractivity (Wildman–Crippen MR) is 88.1 cm³/mol. The van der Waals surface area contributed by atoms with Crippen molar-refractivity contribution in [3.8, 4) is 0 Å². The molecule has 1 aromatic heterocycles. The van der Waals surface area contributed by atoms with Crippen LogP contribution in [0.1, 0.15) is 31.5 Å². The van der Waals surface area contributed by atoms with E-state index >= 15 is 0 Å². The minimum absolute atomic E-state index is 0.144. The number of rotatable bonds is 5. The number of amides is 2. The lowest BCUT2D eigenvalue weighted by atomic mass is 10.2. The van der Waals surface area contributed by atoms with Crippen molar-refractivity contribution < 1.29 is 9.53 Å². The highest BCUT2D eigenvalue weighted by Crippen LogP contribution is 2.13. The molecule has 2 N–H and O–H groups in total. The van der Waals surface area contributed by atoms with Crippen molar-refractivity contribution in [2.24, 2.45) is 0 Å². The number of nitrogens with zero attached hydrogens (tertiary/aromatic N) is 2. The molecular formula is C15H26N4O2S. The van der Waals surface area contributed by atoms with Gasteiger partial charge in [0.15, 0.2) is 0 Å². The molecule has 0 radical (unpaired) electrons. The fraction of sp³-hybridized carbons (Fsp3) is 0.733. The van der Waals surface area contributed by atoms with Crippen molar-refractivity contribution in [2.75, 3.05) is 19.6 Å². The summed E-state index contributed by atoms with van der Waals surface area (Å²) in [6.45, 7) is 11.2. The van der Waals surface area contributed by atoms with Gasteiger partial charge < -0.3 is 15.4 Å². The average molecular weight is 326 g/mol. The number of aromatic nitrogens is 1. The molecule has 1 aliphatic heterocycles. The Balaban J connectivity index is 1.69. The summed E-state index contributed by atoms with van der Waals surface area (Å²) in [5, 5.41) is 8.68. The third-order valence-corrected chi connectivity index (χ3v) is 4.66. The topological polar surface area (TPSA) is 66.5 Å². The fourth-order valence-electron chi connectivity index (χ4n) is 2.65. The van der Waals surface area contributed by atoms with Gasteiger partial charge >= 0.3 is 6.03 Å². The van der Waals surface area contributed by atoms with Crippen molar-refractivity contribution in [2.45, 2.75) is 52.5 Å². The number of urea groups is 1. The van der Waals surface area contributed by atoms with E-state index in [1.807, 2.05) is 12.3 Å². The molecular weight excluding hydrogens is 300 g/mol. The molecule has 0 aliphatic carbocycles. The lowest BCUT2D eigenvalue weighted by Crippen LogP contribution is -2.52. The standard InChI is InChI=1S/C15H26N4O2S/c1-10-9-22-14(18-10)6-17-15(20)16-5-11(2)19-7-12(3)21-13(4)8-19/h9,11-13H,5-8H2,1-4H3,(H2,16,17,20)/t11-,12-,13-/m0/s1. The predicted octanol–water partition coefficient (Wildman–Crippen LogP) is 1.75. The zero-order valence-corrected chi connectivity index (χ0v) is 14.6. The Morgan fingerprint density at radius 3 is 2.73 bits per heavy atom. The average Bonchev–Trinajstić information content (AvgIpc) is 2.87. The summed E-state index contributed by atoms with van der Waals surface area (Å²) in [7, 11) is 0. The highest BCUT2D eigenvalue weighted by Gasteiger charge is 2.25. The van der Waals surface area contributed by atoms with Gasteiger partial charge in [-0.15, -0.1) is 11.3 Å². The van der Waals surface area contributed by atoms with Crippen molar-refractivity contribution >= 4 is 17.4 Å². The second-order valence-corrected chi connectivity index (χ2v) is 6.95. The van der Waals surface area contributed by atoms with Gasteiger partial charge in [0.25, 0.3) is 0 Å². The van der Waals surface area contributed by atoms with Crippen molar-refractivity contribution in [1.82, 2.24) is 20.5 Å². The van der Waals surface area contributed by atoms with Crippen LogP contribution in [0.5, 0.6) is 0 Å². The summed E-state index contributed by atoms with van der Waals surface area (Å²) < 4.78 is 5.73. The van der Waals surface area contributed by atoms with Crippen LogP contribution in [0.2, 0.25) is 0 Å². The third-order valence-electron chi connectivity index (χ3n) is 3.70. The van der Waals surface area contributed by atoms with E-state index in [9.17, 15) is 4.79 Å². The second-order valence-electron chi connectivity index (χ2n) is 6.01. The highest BCUT2D eigenvalue weighted by atomic mass is 32.1. The summed E-state index contributed by atoms with van der Waals surface area (Å²) in [4.78, 5) is 18.5. The molecule has 2 heterocycles. The van der Waals surface area contributed by atoms with E-state index in [0.29, 0.717) is 19.1 Å². The molecule has 124 valence electrons. The van der Waals surface area contributed by atoms with E-state index in [1.54, 1.807) is 11.3 Å². The van der Waals surface area contributed by atoms with Gasteiger partial charge in [0, 0.05) is 36.8 Å². The van der Waals surface area contributed by atoms with Gasteiger partial charge in [0.1, 0.15) is 5.01 Å². The first-order valence-corrected chi connectivity index (χ1v) is 8.64. The van der Waals surface area contributed by atoms with E-state index in [4.69, 9.17) is 4.74 Å². The lowest BCUT2D eigenvalue weighted by molar-refractivity contribution is -0.0778. The minimum Gasteiger partial charge on any atom is -0.373 e. The third kappa shape index (κ3) is 5.23. The first-order chi connectivity index (χ1) is 10.4. The van der Waals surface area contributed by atoms with Gasteiger partial charge in [-0.25, -0.2) is 9.78 Å². The van der Waals surface area contributed by atoms with Crippen molar-refractivity contribution in [3.05, 3.63) is 16.1 Å². The summed E-state index contributed by atoms with van der Waals surface area (Å²) in [6.07, 6.45) is 0.487. The van der Waals surface area contributed by atoms with Crippen LogP contribution >= 0.6 is 11.3 Å². The number of hydrogen-bond donors (Lipinski definition) is 2. The van der Waals surface area contributed by atoms with Gasteiger partial charge in [-0.05, 0) is 27.7 Å². The van der Waals surface area contributed by atoms with E-state index in [1.165, 1.54) is 0 Å². The zero-order chi connectivity index (χ0) is 16.1. The Morgan fingerprint density at radius 1 is 1.45 bits per heavy atom. The van der Waals surface area contributed by atoms with E-state index in [-0.39, 0.29) is 18.2 Å². The molecule has 22 heavy (non-hydrogen) atoms. The Morgan fingerprint density at radius 2 is 2.14 bits per heavy atom. The largest absolute Gasteiger partial charge is 0.373 e. The number of nitrogens with one attached hydrogen (secondary N) is 2. The molecule has 0 aromatic carbocycles. The number of ether oxygens (including phenoxy) is 1. The maximum Gasteiger partial charge on any atom is 0.315 e. The zero-order valence-electron chi connectivity index (χ0n) is 13.8. The Kier molecular flexibility index (Phi) is 6.16. The quantitative estimate of drug-likeness (QED) is 0.865. The molecule has 6 nitrogen and oxygen atoms in total. The normalized spacial score (nSPS) is 24.0. The monoisotopic (exact) mass is 326 g/mol. The van der Waals surface area contributed by atoms with Gasteiger partial charge in [0.05, 0.1) is 18.8 Å². The second kappa shape index (κ2) is 7.89. The molecule has 1 saturated heterocycles. The van der Waals surface area contributed by atoms with E-state index < -0.39 is 0 Å². The molecule has 0 unspecified atom stereocenters. The first-order valence-electron chi connectivity index (χ1n) is 7.76. The lowest BCUT2D eigenvalue weighted by Gasteiger charge is -2.38. The van der Waals surface area contributed by atoms with Crippen molar-refractivity contribution in [3.63, 3.8) is 0 Å². The highest BCUT2D eigenvalue weighted by molar-refractivity contribution is 7.09.